The summed E-state index contributed by atoms with van der Waals surface area (Å²) < 4.78 is 5.18. The molecule has 1 aromatic carbocycles. The van der Waals surface area contributed by atoms with Gasteiger partial charge in [-0.2, -0.15) is 0 Å². The Bertz CT molecular complexity index is 553. The zero-order valence-corrected chi connectivity index (χ0v) is 14.6. The minimum atomic E-state index is -0.449. The minimum Gasteiger partial charge on any atom is -0.497 e. The van der Waals surface area contributed by atoms with Crippen molar-refractivity contribution >= 4 is 11.9 Å². The van der Waals surface area contributed by atoms with E-state index in [2.05, 4.69) is 22.8 Å². The van der Waals surface area contributed by atoms with Gasteiger partial charge in [0.1, 0.15) is 38.5 Å². The molecule has 1 heterocycles. The molecule has 0 unspecified atom stereocenters. The molecule has 1 saturated heterocycles. The second-order valence-corrected chi connectivity index (χ2v) is 6.22. The Morgan fingerprint density at radius 2 is 1.79 bits per heavy atom. The van der Waals surface area contributed by atoms with Crippen LogP contribution in [0, 0.1) is 0 Å². The fourth-order valence-electron chi connectivity index (χ4n) is 3.03. The molecule has 132 valence electrons. The summed E-state index contributed by atoms with van der Waals surface area (Å²) in [5, 5.41) is 4.76. The average molecular weight is 336 g/mol. The molecule has 3 amide bonds. The lowest BCUT2D eigenvalue weighted by Crippen LogP contribution is -3.29. The molecule has 7 nitrogen and oxygen atoms in total. The molecule has 0 aromatic heterocycles. The second-order valence-electron chi connectivity index (χ2n) is 6.22. The normalized spacial score (nSPS) is 21.6. The van der Waals surface area contributed by atoms with E-state index in [4.69, 9.17) is 4.74 Å². The van der Waals surface area contributed by atoms with E-state index in [1.807, 2.05) is 19.1 Å². The van der Waals surface area contributed by atoms with Crippen molar-refractivity contribution in [2.75, 3.05) is 40.3 Å². The fraction of sp³-hybridized carbons (Fsp3) is 0.529. The van der Waals surface area contributed by atoms with Crippen LogP contribution in [0.5, 0.6) is 5.75 Å². The highest BCUT2D eigenvalue weighted by Gasteiger charge is 2.31. The van der Waals surface area contributed by atoms with Gasteiger partial charge in [-0.05, 0) is 31.2 Å². The number of amides is 3. The van der Waals surface area contributed by atoms with Crippen molar-refractivity contribution in [2.45, 2.75) is 19.5 Å². The lowest BCUT2D eigenvalue weighted by atomic mass is 10.1. The molecule has 4 N–H and O–H groups in total. The van der Waals surface area contributed by atoms with Crippen molar-refractivity contribution in [1.82, 2.24) is 10.6 Å². The van der Waals surface area contributed by atoms with Gasteiger partial charge in [0.25, 0.3) is 5.91 Å². The molecule has 1 aliphatic rings. The quantitative estimate of drug-likeness (QED) is 0.494. The molecule has 7 heteroatoms. The number of quaternary nitrogens is 2. The topological polar surface area (TPSA) is 76.3 Å². The number of piperazine rings is 1. The van der Waals surface area contributed by atoms with Gasteiger partial charge in [-0.3, -0.25) is 10.1 Å². The number of benzene rings is 1. The summed E-state index contributed by atoms with van der Waals surface area (Å²) in [6.07, 6.45) is 0. The lowest BCUT2D eigenvalue weighted by Gasteiger charge is -2.32. The first kappa shape index (κ1) is 18.2. The average Bonchev–Trinajstić information content (AvgIpc) is 2.62. The van der Waals surface area contributed by atoms with E-state index in [1.54, 1.807) is 7.11 Å². The number of carbonyl (C=O) groups excluding carboxylic acids is 2. The van der Waals surface area contributed by atoms with E-state index in [-0.39, 0.29) is 11.9 Å². The minimum absolute atomic E-state index is 0.218. The Balaban J connectivity index is 1.79. The van der Waals surface area contributed by atoms with Crippen molar-refractivity contribution in [3.63, 3.8) is 0 Å². The predicted octanol–water partition coefficient (Wildman–Crippen LogP) is -2.18. The summed E-state index contributed by atoms with van der Waals surface area (Å²) in [5.41, 5.74) is 1.29. The Labute approximate surface area is 142 Å². The van der Waals surface area contributed by atoms with Gasteiger partial charge in [0.2, 0.25) is 0 Å². The molecule has 2 rings (SSSR count). The molecule has 1 aromatic rings. The predicted molar refractivity (Wildman–Crippen MR) is 90.2 cm³/mol. The van der Waals surface area contributed by atoms with Crippen LogP contribution in [0.2, 0.25) is 0 Å². The Morgan fingerprint density at radius 1 is 1.17 bits per heavy atom. The van der Waals surface area contributed by atoms with Gasteiger partial charge in [-0.25, -0.2) is 4.79 Å². The maximum atomic E-state index is 12.0. The number of ether oxygens (including phenoxy) is 1. The van der Waals surface area contributed by atoms with Crippen LogP contribution in [0.1, 0.15) is 12.5 Å². The number of imide groups is 1. The number of urea groups is 1. The number of methoxy groups -OCH3 is 1. The van der Waals surface area contributed by atoms with E-state index in [1.165, 1.54) is 22.4 Å². The van der Waals surface area contributed by atoms with Crippen molar-refractivity contribution in [3.8, 4) is 5.75 Å². The highest BCUT2D eigenvalue weighted by molar-refractivity contribution is 5.96. The van der Waals surface area contributed by atoms with Gasteiger partial charge < -0.3 is 19.9 Å². The van der Waals surface area contributed by atoms with E-state index < -0.39 is 6.03 Å². The number of hydrogen-bond donors (Lipinski definition) is 4. The summed E-state index contributed by atoms with van der Waals surface area (Å²) >= 11 is 0. The van der Waals surface area contributed by atoms with E-state index in [0.717, 1.165) is 38.5 Å². The van der Waals surface area contributed by atoms with Crippen molar-refractivity contribution in [2.24, 2.45) is 0 Å². The summed E-state index contributed by atoms with van der Waals surface area (Å²) in [6.45, 7) is 6.73. The lowest BCUT2D eigenvalue weighted by molar-refractivity contribution is -1.02. The Hall–Kier alpha value is -2.12. The monoisotopic (exact) mass is 336 g/mol. The third kappa shape index (κ3) is 4.94. The highest BCUT2D eigenvalue weighted by Crippen LogP contribution is 2.10. The summed E-state index contributed by atoms with van der Waals surface area (Å²) in [4.78, 5) is 26.0. The molecule has 0 bridgehead atoms. The number of nitrogens with one attached hydrogen (secondary N) is 4. The second kappa shape index (κ2) is 8.65. The largest absolute Gasteiger partial charge is 0.497 e. The van der Waals surface area contributed by atoms with Gasteiger partial charge in [-0.15, -0.1) is 0 Å². The van der Waals surface area contributed by atoms with Crippen LogP contribution in [-0.4, -0.2) is 58.3 Å². The van der Waals surface area contributed by atoms with Crippen molar-refractivity contribution in [1.29, 1.82) is 0 Å². The first-order chi connectivity index (χ1) is 11.5. The maximum Gasteiger partial charge on any atom is 0.321 e. The van der Waals surface area contributed by atoms with Gasteiger partial charge in [0.05, 0.1) is 7.11 Å². The standard InChI is InChI=1S/C17H26N4O3/c1-13(16(22)19-17(23)18-2)21-10-8-20(9-11-21)12-14-4-6-15(24-3)7-5-14/h4-7,13H,8-12H2,1-3H3,(H2,18,19,22,23)/p+2/t13-/m1/s1. The van der Waals surface area contributed by atoms with Crippen LogP contribution in [0.15, 0.2) is 24.3 Å². The number of hydrogen-bond acceptors (Lipinski definition) is 3. The van der Waals surface area contributed by atoms with Gasteiger partial charge >= 0.3 is 6.03 Å². The molecule has 24 heavy (non-hydrogen) atoms. The van der Waals surface area contributed by atoms with Gasteiger partial charge in [-0.1, -0.05) is 0 Å². The zero-order chi connectivity index (χ0) is 17.5. The van der Waals surface area contributed by atoms with Crippen molar-refractivity contribution in [3.05, 3.63) is 29.8 Å². The number of rotatable bonds is 5. The molecular formula is C17H28N4O3+2. The summed E-state index contributed by atoms with van der Waals surface area (Å²) in [7, 11) is 3.17. The highest BCUT2D eigenvalue weighted by atomic mass is 16.5. The first-order valence-electron chi connectivity index (χ1n) is 8.37. The third-order valence-corrected chi connectivity index (χ3v) is 4.68. The molecule has 1 fully saturated rings. The Kier molecular flexibility index (Phi) is 6.57. The van der Waals surface area contributed by atoms with E-state index in [9.17, 15) is 9.59 Å². The molecule has 1 aliphatic heterocycles. The molecule has 0 aliphatic carbocycles. The van der Waals surface area contributed by atoms with Crippen molar-refractivity contribution < 1.29 is 24.1 Å². The Morgan fingerprint density at radius 3 is 2.33 bits per heavy atom. The van der Waals surface area contributed by atoms with Gasteiger partial charge in [0, 0.05) is 12.6 Å². The van der Waals surface area contributed by atoms with Crippen LogP contribution in [0.4, 0.5) is 4.79 Å². The summed E-state index contributed by atoms with van der Waals surface area (Å²) in [5.74, 6) is 0.655. The molecular weight excluding hydrogens is 308 g/mol. The van der Waals surface area contributed by atoms with Crippen LogP contribution >= 0.6 is 0 Å². The van der Waals surface area contributed by atoms with Crippen LogP contribution < -0.4 is 25.2 Å². The number of carbonyl (C=O) groups is 2. The van der Waals surface area contributed by atoms with E-state index in [0.29, 0.717) is 0 Å². The van der Waals surface area contributed by atoms with Crippen LogP contribution in [0.3, 0.4) is 0 Å². The molecule has 0 saturated carbocycles. The van der Waals surface area contributed by atoms with Crippen LogP contribution in [0.25, 0.3) is 0 Å². The fourth-order valence-corrected chi connectivity index (χ4v) is 3.03. The molecule has 0 spiro atoms. The van der Waals surface area contributed by atoms with Gasteiger partial charge in [0.15, 0.2) is 6.04 Å². The zero-order valence-electron chi connectivity index (χ0n) is 14.6. The smallest absolute Gasteiger partial charge is 0.321 e. The summed E-state index contributed by atoms with van der Waals surface area (Å²) in [6, 6.07) is 7.51. The van der Waals surface area contributed by atoms with E-state index >= 15 is 0 Å². The first-order valence-corrected chi connectivity index (χ1v) is 8.37. The maximum absolute atomic E-state index is 12.0. The molecule has 1 atom stereocenters. The third-order valence-electron chi connectivity index (χ3n) is 4.68. The van der Waals surface area contributed by atoms with Crippen LogP contribution in [-0.2, 0) is 11.3 Å². The SMILES string of the molecule is CNC(=O)NC(=O)[C@@H](C)[NH+]1CC[NH+](Cc2ccc(OC)cc2)CC1. The molecule has 0 radical (unpaired) electrons.